The first-order valence-corrected chi connectivity index (χ1v) is 8.17. The minimum Gasteiger partial charge on any atom is -0.311 e. The van der Waals surface area contributed by atoms with Crippen molar-refractivity contribution in [2.24, 2.45) is 0 Å². The van der Waals surface area contributed by atoms with Crippen LogP contribution in [0.2, 0.25) is 0 Å². The van der Waals surface area contributed by atoms with Crippen LogP contribution < -0.4 is 5.32 Å². The molecule has 3 heterocycles. The molecule has 1 N–H and O–H groups in total. The molecule has 0 spiro atoms. The van der Waals surface area contributed by atoms with Gasteiger partial charge in [0.05, 0.1) is 6.54 Å². The zero-order valence-electron chi connectivity index (χ0n) is 12.8. The Labute approximate surface area is 121 Å². The third-order valence-corrected chi connectivity index (χ3v) is 4.85. The van der Waals surface area contributed by atoms with E-state index < -0.39 is 0 Å². The van der Waals surface area contributed by atoms with Gasteiger partial charge in [0.15, 0.2) is 0 Å². The van der Waals surface area contributed by atoms with Crippen LogP contribution in [0.3, 0.4) is 0 Å². The minimum absolute atomic E-state index is 0.713. The number of hydrogen-bond donors (Lipinski definition) is 1. The second kappa shape index (κ2) is 6.22. The smallest absolute Gasteiger partial charge is 0.141 e. The summed E-state index contributed by atoms with van der Waals surface area (Å²) in [4.78, 5) is 7.07. The third-order valence-electron chi connectivity index (χ3n) is 4.85. The summed E-state index contributed by atoms with van der Waals surface area (Å²) in [7, 11) is 0. The number of piperidine rings is 1. The molecule has 2 aliphatic heterocycles. The van der Waals surface area contributed by atoms with Crippen molar-refractivity contribution < 1.29 is 0 Å². The molecule has 0 aromatic carbocycles. The average Bonchev–Trinajstić information content (AvgIpc) is 3.03. The molecule has 2 saturated heterocycles. The number of aryl methyl sites for hydroxylation is 1. The highest BCUT2D eigenvalue weighted by Crippen LogP contribution is 2.30. The first-order valence-electron chi connectivity index (χ1n) is 8.17. The van der Waals surface area contributed by atoms with Gasteiger partial charge in [-0.05, 0) is 38.6 Å². The summed E-state index contributed by atoms with van der Waals surface area (Å²) in [5, 5.41) is 8.08. The number of nitrogens with one attached hydrogen (secondary N) is 1. The summed E-state index contributed by atoms with van der Waals surface area (Å²) >= 11 is 0. The van der Waals surface area contributed by atoms with Crippen LogP contribution in [0.4, 0.5) is 0 Å². The number of aromatic nitrogens is 3. The fourth-order valence-electron chi connectivity index (χ4n) is 3.82. The van der Waals surface area contributed by atoms with Crippen molar-refractivity contribution in [2.45, 2.75) is 77.2 Å². The highest BCUT2D eigenvalue weighted by Gasteiger charge is 2.35. The molecule has 2 atom stereocenters. The quantitative estimate of drug-likeness (QED) is 0.861. The van der Waals surface area contributed by atoms with Gasteiger partial charge in [-0.15, -0.1) is 0 Å². The van der Waals surface area contributed by atoms with Crippen molar-refractivity contribution in [3.05, 3.63) is 12.2 Å². The van der Waals surface area contributed by atoms with Crippen LogP contribution in [0.5, 0.6) is 0 Å². The zero-order valence-corrected chi connectivity index (χ0v) is 12.8. The molecule has 0 aliphatic carbocycles. The predicted molar refractivity (Wildman–Crippen MR) is 79.4 cm³/mol. The fraction of sp³-hybridized carbons (Fsp3) is 0.867. The molecule has 5 heteroatoms. The molecule has 112 valence electrons. The van der Waals surface area contributed by atoms with Gasteiger partial charge in [-0.25, -0.2) is 9.67 Å². The molecule has 0 amide bonds. The standard InChI is InChI=1S/C15H27N5/c1-3-7-20-15(16-11-17-20)10-19(4-2)14-8-12-5-6-13(9-14)18-12/h11-14,18H,3-10H2,1-2H3. The Morgan fingerprint density at radius 2 is 2.05 bits per heavy atom. The van der Waals surface area contributed by atoms with E-state index in [1.54, 1.807) is 6.33 Å². The molecular formula is C15H27N5. The van der Waals surface area contributed by atoms with Gasteiger partial charge in [-0.3, -0.25) is 4.90 Å². The molecule has 1 aromatic rings. The number of fused-ring (bicyclic) bond motifs is 2. The van der Waals surface area contributed by atoms with Gasteiger partial charge in [0, 0.05) is 24.7 Å². The second-order valence-corrected chi connectivity index (χ2v) is 6.23. The van der Waals surface area contributed by atoms with Crippen LogP contribution in [0.15, 0.2) is 6.33 Å². The van der Waals surface area contributed by atoms with Crippen LogP contribution in [0.1, 0.15) is 51.8 Å². The van der Waals surface area contributed by atoms with Crippen LogP contribution in [-0.2, 0) is 13.1 Å². The molecule has 0 saturated carbocycles. The fourth-order valence-corrected chi connectivity index (χ4v) is 3.82. The highest BCUT2D eigenvalue weighted by atomic mass is 15.3. The summed E-state index contributed by atoms with van der Waals surface area (Å²) < 4.78 is 2.07. The molecule has 5 nitrogen and oxygen atoms in total. The maximum Gasteiger partial charge on any atom is 0.141 e. The van der Waals surface area contributed by atoms with E-state index in [0.29, 0.717) is 6.04 Å². The van der Waals surface area contributed by atoms with E-state index in [0.717, 1.165) is 44.0 Å². The largest absolute Gasteiger partial charge is 0.311 e. The first-order chi connectivity index (χ1) is 9.80. The minimum atomic E-state index is 0.713. The Morgan fingerprint density at radius 1 is 1.30 bits per heavy atom. The van der Waals surface area contributed by atoms with Gasteiger partial charge in [0.1, 0.15) is 12.2 Å². The maximum atomic E-state index is 4.47. The lowest BCUT2D eigenvalue weighted by Gasteiger charge is -2.37. The molecular weight excluding hydrogens is 250 g/mol. The summed E-state index contributed by atoms with van der Waals surface area (Å²) in [6.07, 6.45) is 8.14. The van der Waals surface area contributed by atoms with Crippen molar-refractivity contribution in [3.63, 3.8) is 0 Å². The number of nitrogens with zero attached hydrogens (tertiary/aromatic N) is 4. The van der Waals surface area contributed by atoms with Gasteiger partial charge in [-0.1, -0.05) is 13.8 Å². The molecule has 1 aromatic heterocycles. The van der Waals surface area contributed by atoms with Crippen LogP contribution in [-0.4, -0.2) is 44.3 Å². The van der Waals surface area contributed by atoms with Crippen molar-refractivity contribution in [3.8, 4) is 0 Å². The Hall–Kier alpha value is -0.940. The van der Waals surface area contributed by atoms with Gasteiger partial charge in [0.2, 0.25) is 0 Å². The Bertz CT molecular complexity index is 418. The molecule has 2 fully saturated rings. The maximum absolute atomic E-state index is 4.47. The molecule has 0 radical (unpaired) electrons. The number of rotatable bonds is 6. The lowest BCUT2D eigenvalue weighted by molar-refractivity contribution is 0.135. The molecule has 2 aliphatic rings. The molecule has 3 rings (SSSR count). The van der Waals surface area contributed by atoms with Crippen molar-refractivity contribution in [1.82, 2.24) is 25.0 Å². The van der Waals surface area contributed by atoms with E-state index in [2.05, 4.69) is 38.8 Å². The lowest BCUT2D eigenvalue weighted by atomic mass is 9.98. The third kappa shape index (κ3) is 2.88. The molecule has 20 heavy (non-hydrogen) atoms. The second-order valence-electron chi connectivity index (χ2n) is 6.23. The van der Waals surface area contributed by atoms with E-state index in [-0.39, 0.29) is 0 Å². The zero-order chi connectivity index (χ0) is 13.9. The van der Waals surface area contributed by atoms with Crippen LogP contribution in [0.25, 0.3) is 0 Å². The van der Waals surface area contributed by atoms with Crippen molar-refractivity contribution in [2.75, 3.05) is 6.54 Å². The lowest BCUT2D eigenvalue weighted by Crippen LogP contribution is -2.48. The van der Waals surface area contributed by atoms with E-state index in [9.17, 15) is 0 Å². The van der Waals surface area contributed by atoms with E-state index >= 15 is 0 Å². The summed E-state index contributed by atoms with van der Waals surface area (Å²) in [6.45, 7) is 7.48. The average molecular weight is 277 g/mol. The van der Waals surface area contributed by atoms with Crippen LogP contribution >= 0.6 is 0 Å². The SMILES string of the molecule is CCCn1ncnc1CN(CC)C1CC2CCC(C1)N2. The van der Waals surface area contributed by atoms with Crippen molar-refractivity contribution in [1.29, 1.82) is 0 Å². The van der Waals surface area contributed by atoms with Gasteiger partial charge >= 0.3 is 0 Å². The normalized spacial score (nSPS) is 29.2. The Morgan fingerprint density at radius 3 is 2.70 bits per heavy atom. The summed E-state index contributed by atoms with van der Waals surface area (Å²) in [5.74, 6) is 1.12. The Kier molecular flexibility index (Phi) is 4.36. The monoisotopic (exact) mass is 277 g/mol. The van der Waals surface area contributed by atoms with E-state index in [1.807, 2.05) is 0 Å². The predicted octanol–water partition coefficient (Wildman–Crippen LogP) is 1.79. The topological polar surface area (TPSA) is 46.0 Å². The summed E-state index contributed by atoms with van der Waals surface area (Å²) in [5.41, 5.74) is 0. The molecule has 2 bridgehead atoms. The first kappa shape index (κ1) is 14.0. The van der Waals surface area contributed by atoms with Gasteiger partial charge in [-0.2, -0.15) is 5.10 Å². The highest BCUT2D eigenvalue weighted by molar-refractivity contribution is 4.97. The Balaban J connectivity index is 1.66. The van der Waals surface area contributed by atoms with Gasteiger partial charge < -0.3 is 5.32 Å². The van der Waals surface area contributed by atoms with Crippen LogP contribution in [0, 0.1) is 0 Å². The van der Waals surface area contributed by atoms with Crippen molar-refractivity contribution >= 4 is 0 Å². The van der Waals surface area contributed by atoms with Gasteiger partial charge in [0.25, 0.3) is 0 Å². The summed E-state index contributed by atoms with van der Waals surface area (Å²) in [6, 6.07) is 2.22. The number of hydrogen-bond acceptors (Lipinski definition) is 4. The van der Waals surface area contributed by atoms with E-state index in [1.165, 1.54) is 25.7 Å². The van der Waals surface area contributed by atoms with E-state index in [4.69, 9.17) is 0 Å². The molecule has 2 unspecified atom stereocenters.